The molecule has 0 saturated carbocycles. The molecule has 0 bridgehead atoms. The van der Waals surface area contributed by atoms with Gasteiger partial charge in [0.2, 0.25) is 0 Å². The van der Waals surface area contributed by atoms with Gasteiger partial charge in [-0.25, -0.2) is 0 Å². The van der Waals surface area contributed by atoms with Crippen LogP contribution in [0, 0.1) is 0 Å². The number of likely N-dealkylation sites (tertiary alicyclic amines) is 1. The highest BCUT2D eigenvalue weighted by molar-refractivity contribution is 6.30. The molecule has 92 valence electrons. The summed E-state index contributed by atoms with van der Waals surface area (Å²) < 4.78 is 0. The molecule has 1 N–H and O–H groups in total. The van der Waals surface area contributed by atoms with Gasteiger partial charge in [-0.3, -0.25) is 4.79 Å². The minimum Gasteiger partial charge on any atom is -0.391 e. The molecular formula is C13H16ClNO2. The third-order valence-electron chi connectivity index (χ3n) is 3.45. The van der Waals surface area contributed by atoms with Crippen LogP contribution in [0.3, 0.4) is 0 Å². The van der Waals surface area contributed by atoms with Crippen molar-refractivity contribution in [2.24, 2.45) is 0 Å². The largest absolute Gasteiger partial charge is 0.391 e. The maximum Gasteiger partial charge on any atom is 0.254 e. The number of nitrogens with zero attached hydrogens (tertiary/aromatic N) is 1. The fourth-order valence-electron chi connectivity index (χ4n) is 2.21. The highest BCUT2D eigenvalue weighted by atomic mass is 35.5. The first-order valence-corrected chi connectivity index (χ1v) is 6.06. The minimum absolute atomic E-state index is 0.0750. The third-order valence-corrected chi connectivity index (χ3v) is 3.69. The van der Waals surface area contributed by atoms with Gasteiger partial charge >= 0.3 is 0 Å². The summed E-state index contributed by atoms with van der Waals surface area (Å²) in [6.45, 7) is 4.35. The van der Waals surface area contributed by atoms with Crippen molar-refractivity contribution < 1.29 is 9.90 Å². The summed E-state index contributed by atoms with van der Waals surface area (Å²) in [4.78, 5) is 14.0. The Hall–Kier alpha value is -1.06. The molecule has 2 rings (SSSR count). The first-order chi connectivity index (χ1) is 7.93. The summed E-state index contributed by atoms with van der Waals surface area (Å²) in [6.07, 6.45) is 0.157. The first kappa shape index (κ1) is 12.4. The van der Waals surface area contributed by atoms with Crippen molar-refractivity contribution in [2.45, 2.75) is 31.9 Å². The molecule has 1 amide bonds. The second-order valence-electron chi connectivity index (χ2n) is 4.93. The number of rotatable bonds is 1. The summed E-state index contributed by atoms with van der Waals surface area (Å²) in [6, 6.07) is 6.90. The first-order valence-electron chi connectivity index (χ1n) is 5.68. The molecule has 1 aromatic rings. The molecule has 1 aliphatic rings. The Labute approximate surface area is 106 Å². The van der Waals surface area contributed by atoms with Crippen molar-refractivity contribution in [2.75, 3.05) is 6.54 Å². The van der Waals surface area contributed by atoms with Crippen LogP contribution in [0.25, 0.3) is 0 Å². The Kier molecular flexibility index (Phi) is 3.15. The lowest BCUT2D eigenvalue weighted by Crippen LogP contribution is -2.48. The van der Waals surface area contributed by atoms with E-state index in [-0.39, 0.29) is 5.91 Å². The van der Waals surface area contributed by atoms with Crippen molar-refractivity contribution in [3.8, 4) is 0 Å². The van der Waals surface area contributed by atoms with Gasteiger partial charge in [-0.15, -0.1) is 0 Å². The lowest BCUT2D eigenvalue weighted by molar-refractivity contribution is 0.0394. The quantitative estimate of drug-likeness (QED) is 0.835. The zero-order valence-corrected chi connectivity index (χ0v) is 10.7. The molecule has 4 heteroatoms. The van der Waals surface area contributed by atoms with Crippen molar-refractivity contribution >= 4 is 17.5 Å². The van der Waals surface area contributed by atoms with Crippen LogP contribution in [0.2, 0.25) is 5.02 Å². The van der Waals surface area contributed by atoms with Crippen LogP contribution in [0.4, 0.5) is 0 Å². The zero-order valence-electron chi connectivity index (χ0n) is 9.98. The second kappa shape index (κ2) is 4.31. The van der Waals surface area contributed by atoms with Crippen LogP contribution in [0.15, 0.2) is 24.3 Å². The van der Waals surface area contributed by atoms with Gasteiger partial charge in [-0.1, -0.05) is 17.7 Å². The maximum atomic E-state index is 12.3. The van der Waals surface area contributed by atoms with Crippen LogP contribution in [-0.2, 0) is 0 Å². The molecular weight excluding hydrogens is 238 g/mol. The van der Waals surface area contributed by atoms with Gasteiger partial charge in [0, 0.05) is 17.1 Å². The van der Waals surface area contributed by atoms with E-state index in [0.29, 0.717) is 23.6 Å². The van der Waals surface area contributed by atoms with Gasteiger partial charge < -0.3 is 10.0 Å². The zero-order chi connectivity index (χ0) is 12.6. The second-order valence-corrected chi connectivity index (χ2v) is 5.36. The predicted molar refractivity (Wildman–Crippen MR) is 67.2 cm³/mol. The van der Waals surface area contributed by atoms with Gasteiger partial charge in [0.05, 0.1) is 11.6 Å². The normalized spacial score (nSPS) is 22.8. The molecule has 1 fully saturated rings. The number of hydrogen-bond donors (Lipinski definition) is 1. The molecule has 1 unspecified atom stereocenters. The molecule has 1 saturated heterocycles. The highest BCUT2D eigenvalue weighted by Gasteiger charge is 2.42. The van der Waals surface area contributed by atoms with Gasteiger partial charge in [-0.05, 0) is 38.5 Å². The molecule has 1 aliphatic heterocycles. The lowest BCUT2D eigenvalue weighted by Gasteiger charge is -2.33. The third kappa shape index (κ3) is 2.17. The fourth-order valence-corrected chi connectivity index (χ4v) is 2.40. The van der Waals surface area contributed by atoms with E-state index < -0.39 is 11.6 Å². The molecule has 0 aromatic heterocycles. The van der Waals surface area contributed by atoms with Gasteiger partial charge in [-0.2, -0.15) is 0 Å². The predicted octanol–water partition coefficient (Wildman–Crippen LogP) is 2.33. The van der Waals surface area contributed by atoms with Crippen molar-refractivity contribution in [1.29, 1.82) is 0 Å². The molecule has 3 nitrogen and oxygen atoms in total. The Morgan fingerprint density at radius 1 is 1.53 bits per heavy atom. The molecule has 0 spiro atoms. The number of aliphatic hydroxyl groups excluding tert-OH is 1. The number of halogens is 1. The van der Waals surface area contributed by atoms with Crippen LogP contribution < -0.4 is 0 Å². The number of carbonyl (C=O) groups excluding carboxylic acids is 1. The van der Waals surface area contributed by atoms with E-state index in [4.69, 9.17) is 11.6 Å². The van der Waals surface area contributed by atoms with E-state index in [2.05, 4.69) is 0 Å². The summed E-state index contributed by atoms with van der Waals surface area (Å²) in [5, 5.41) is 10.4. The number of hydrogen-bond acceptors (Lipinski definition) is 2. The number of carbonyl (C=O) groups is 1. The standard InChI is InChI=1S/C13H16ClNO2/c1-13(2)11(16)6-7-15(13)12(17)9-4-3-5-10(14)8-9/h3-5,8,11,16H,6-7H2,1-2H3. The SMILES string of the molecule is CC1(C)C(O)CCN1C(=O)c1cccc(Cl)c1. The Morgan fingerprint density at radius 3 is 2.76 bits per heavy atom. The van der Waals surface area contributed by atoms with Gasteiger partial charge in [0.25, 0.3) is 5.91 Å². The van der Waals surface area contributed by atoms with Crippen LogP contribution in [0.1, 0.15) is 30.6 Å². The van der Waals surface area contributed by atoms with E-state index in [0.717, 1.165) is 0 Å². The van der Waals surface area contributed by atoms with Crippen molar-refractivity contribution in [1.82, 2.24) is 4.90 Å². The lowest BCUT2D eigenvalue weighted by atomic mass is 9.98. The number of amides is 1. The molecule has 0 aliphatic carbocycles. The van der Waals surface area contributed by atoms with Crippen molar-refractivity contribution in [3.63, 3.8) is 0 Å². The van der Waals surface area contributed by atoms with Crippen LogP contribution in [-0.4, -0.2) is 34.1 Å². The van der Waals surface area contributed by atoms with Crippen molar-refractivity contribution in [3.05, 3.63) is 34.9 Å². The average molecular weight is 254 g/mol. The van der Waals surface area contributed by atoms with Crippen LogP contribution >= 0.6 is 11.6 Å². The smallest absolute Gasteiger partial charge is 0.254 e. The van der Waals surface area contributed by atoms with E-state index in [1.165, 1.54) is 0 Å². The Balaban J connectivity index is 2.27. The molecule has 0 radical (unpaired) electrons. The average Bonchev–Trinajstić information content (AvgIpc) is 2.53. The van der Waals surface area contributed by atoms with Gasteiger partial charge in [0.15, 0.2) is 0 Å². The summed E-state index contributed by atoms with van der Waals surface area (Å²) >= 11 is 5.88. The van der Waals surface area contributed by atoms with E-state index in [1.807, 2.05) is 13.8 Å². The highest BCUT2D eigenvalue weighted by Crippen LogP contribution is 2.30. The molecule has 1 aromatic carbocycles. The van der Waals surface area contributed by atoms with Gasteiger partial charge in [0.1, 0.15) is 0 Å². The number of aliphatic hydroxyl groups is 1. The van der Waals surface area contributed by atoms with E-state index in [1.54, 1.807) is 29.2 Å². The Bertz CT molecular complexity index is 445. The maximum absolute atomic E-state index is 12.3. The Morgan fingerprint density at radius 2 is 2.24 bits per heavy atom. The summed E-state index contributed by atoms with van der Waals surface area (Å²) in [5.41, 5.74) is 0.0547. The van der Waals surface area contributed by atoms with E-state index in [9.17, 15) is 9.90 Å². The fraction of sp³-hybridized carbons (Fsp3) is 0.462. The topological polar surface area (TPSA) is 40.5 Å². The molecule has 1 atom stereocenters. The minimum atomic E-state index is -0.514. The number of benzene rings is 1. The van der Waals surface area contributed by atoms with Crippen LogP contribution in [0.5, 0.6) is 0 Å². The summed E-state index contributed by atoms with van der Waals surface area (Å²) in [5.74, 6) is -0.0750. The molecule has 17 heavy (non-hydrogen) atoms. The summed E-state index contributed by atoms with van der Waals surface area (Å²) in [7, 11) is 0. The monoisotopic (exact) mass is 253 g/mol. The molecule has 1 heterocycles. The van der Waals surface area contributed by atoms with E-state index >= 15 is 0 Å².